The minimum atomic E-state index is -0.641. The molecule has 1 saturated heterocycles. The molecule has 0 atom stereocenters. The molecule has 1 aliphatic heterocycles. The molecule has 0 saturated carbocycles. The molecule has 0 unspecified atom stereocenters. The molecule has 1 heterocycles. The Bertz CT molecular complexity index is 150. The fourth-order valence-electron chi connectivity index (χ4n) is 0.783. The Hall–Kier alpha value is 0.417. The van der Waals surface area contributed by atoms with Crippen molar-refractivity contribution in [1.82, 2.24) is 4.90 Å². The molecule has 1 rings (SSSR count). The van der Waals surface area contributed by atoms with Gasteiger partial charge in [0.25, 0.3) is 0 Å². The molecule has 0 aromatic heterocycles. The summed E-state index contributed by atoms with van der Waals surface area (Å²) in [4.78, 5) is 12.3. The minimum absolute atomic E-state index is 0.292. The third-order valence-electron chi connectivity index (χ3n) is 1.31. The highest BCUT2D eigenvalue weighted by atomic mass is 127. The molecule has 2 nitrogen and oxygen atoms in total. The van der Waals surface area contributed by atoms with E-state index < -0.39 is 5.57 Å². The van der Waals surface area contributed by atoms with Gasteiger partial charge < -0.3 is 4.90 Å². The summed E-state index contributed by atoms with van der Waals surface area (Å²) in [6.45, 7) is 7.90. The van der Waals surface area contributed by atoms with Gasteiger partial charge in [-0.15, -0.1) is 21.8 Å². The quantitative estimate of drug-likeness (QED) is 0.382. The van der Waals surface area contributed by atoms with Crippen LogP contribution in [0.2, 0.25) is 19.6 Å². The smallest absolute Gasteiger partial charge is 0.222 e. The highest BCUT2D eigenvalue weighted by Crippen LogP contribution is 2.08. The van der Waals surface area contributed by atoms with Crippen LogP contribution in [0.4, 0.5) is 0 Å². The molecule has 0 radical (unpaired) electrons. The van der Waals surface area contributed by atoms with Gasteiger partial charge in [0.1, 0.15) is 5.57 Å². The maximum Gasteiger partial charge on any atom is 0.222 e. The lowest BCUT2D eigenvalue weighted by Crippen LogP contribution is -2.17. The van der Waals surface area contributed by atoms with Crippen molar-refractivity contribution in [3.8, 4) is 0 Å². The lowest BCUT2D eigenvalue weighted by molar-refractivity contribution is -0.126. The van der Waals surface area contributed by atoms with Crippen molar-refractivity contribution in [2.45, 2.75) is 32.5 Å². The van der Waals surface area contributed by atoms with Crippen LogP contribution in [0.15, 0.2) is 0 Å². The van der Waals surface area contributed by atoms with E-state index in [4.69, 9.17) is 0 Å². The van der Waals surface area contributed by atoms with Gasteiger partial charge in [-0.2, -0.15) is 0 Å². The maximum atomic E-state index is 10.5. The van der Waals surface area contributed by atoms with Gasteiger partial charge in [0.2, 0.25) is 5.91 Å². The second kappa shape index (κ2) is 5.21. The molecule has 1 aliphatic rings. The first-order valence-corrected chi connectivity index (χ1v) is 10.8. The molecular weight excluding hydrogens is 281 g/mol. The number of halogens is 1. The molecule has 4 heteroatoms. The van der Waals surface area contributed by atoms with Crippen LogP contribution >= 0.6 is 21.8 Å². The number of rotatable bonds is 0. The van der Waals surface area contributed by atoms with Gasteiger partial charge in [-0.3, -0.25) is 4.79 Å². The van der Waals surface area contributed by atoms with Gasteiger partial charge >= 0.3 is 0 Å². The zero-order valence-electron chi connectivity index (χ0n) is 8.35. The van der Waals surface area contributed by atoms with E-state index in [0.717, 1.165) is 19.4 Å². The summed E-state index contributed by atoms with van der Waals surface area (Å²) in [7, 11) is 1.84. The van der Waals surface area contributed by atoms with Crippen LogP contribution in [-0.4, -0.2) is 30.0 Å². The summed E-state index contributed by atoms with van der Waals surface area (Å²) < 4.78 is 0. The van der Waals surface area contributed by atoms with E-state index in [2.05, 4.69) is 41.4 Å². The third kappa shape index (κ3) is 8.51. The highest BCUT2D eigenvalue weighted by Gasteiger charge is 2.14. The number of hydrogen-bond acceptors (Lipinski definition) is 1. The van der Waals surface area contributed by atoms with Crippen molar-refractivity contribution in [2.24, 2.45) is 0 Å². The Morgan fingerprint density at radius 2 is 1.83 bits per heavy atom. The summed E-state index contributed by atoms with van der Waals surface area (Å²) in [6, 6.07) is 0. The first-order chi connectivity index (χ1) is 5.30. The molecule has 0 aromatic carbocycles. The van der Waals surface area contributed by atoms with Crippen molar-refractivity contribution >= 4 is 33.3 Å². The van der Waals surface area contributed by atoms with Gasteiger partial charge in [-0.1, -0.05) is 19.6 Å². The average Bonchev–Trinajstić information content (AvgIpc) is 2.12. The average molecular weight is 299 g/mol. The summed E-state index contributed by atoms with van der Waals surface area (Å²) >= 11 is 2.52. The van der Waals surface area contributed by atoms with Crippen molar-refractivity contribution < 1.29 is 4.79 Å². The second-order valence-corrected chi connectivity index (χ2v) is 17.8. The number of hydrogen-bond donors (Lipinski definition) is 0. The first kappa shape index (κ1) is 12.4. The largest absolute Gasteiger partial charge is 0.346 e. The Morgan fingerprint density at radius 1 is 1.42 bits per heavy atom. The van der Waals surface area contributed by atoms with E-state index in [0.29, 0.717) is 5.91 Å². The SMILES string of the molecule is CN1CCCC1=O.C[Si](C)(C)I. The van der Waals surface area contributed by atoms with E-state index in [1.807, 2.05) is 7.05 Å². The third-order valence-corrected chi connectivity index (χ3v) is 1.31. The normalized spacial score (nSPS) is 17.4. The van der Waals surface area contributed by atoms with Crippen LogP contribution in [-0.2, 0) is 4.79 Å². The molecular formula is C8H18INOSi. The Morgan fingerprint density at radius 3 is 1.92 bits per heavy atom. The number of likely N-dealkylation sites (tertiary alicyclic amines) is 1. The van der Waals surface area contributed by atoms with E-state index >= 15 is 0 Å². The first-order valence-electron chi connectivity index (χ1n) is 4.23. The molecule has 0 bridgehead atoms. The minimum Gasteiger partial charge on any atom is -0.346 e. The predicted octanol–water partition coefficient (Wildman–Crippen LogP) is 2.49. The number of carbonyl (C=O) groups excluding carboxylic acids is 1. The van der Waals surface area contributed by atoms with Gasteiger partial charge in [0.05, 0.1) is 0 Å². The fourth-order valence-corrected chi connectivity index (χ4v) is 0.783. The van der Waals surface area contributed by atoms with Crippen LogP contribution in [0, 0.1) is 0 Å². The van der Waals surface area contributed by atoms with Gasteiger partial charge in [0, 0.05) is 20.0 Å². The molecule has 0 spiro atoms. The Balaban J connectivity index is 0.000000217. The van der Waals surface area contributed by atoms with Crippen molar-refractivity contribution in [3.63, 3.8) is 0 Å². The molecule has 0 aromatic rings. The Kier molecular flexibility index (Phi) is 5.39. The van der Waals surface area contributed by atoms with Gasteiger partial charge in [-0.05, 0) is 6.42 Å². The zero-order chi connectivity index (χ0) is 9.78. The van der Waals surface area contributed by atoms with Crippen molar-refractivity contribution in [1.29, 1.82) is 0 Å². The maximum absolute atomic E-state index is 10.5. The van der Waals surface area contributed by atoms with Crippen LogP contribution in [0.25, 0.3) is 0 Å². The number of carbonyl (C=O) groups is 1. The summed E-state index contributed by atoms with van der Waals surface area (Å²) in [5, 5.41) is 0. The molecule has 1 fully saturated rings. The fraction of sp³-hybridized carbons (Fsp3) is 0.875. The molecule has 12 heavy (non-hydrogen) atoms. The van der Waals surface area contributed by atoms with Gasteiger partial charge in [0.15, 0.2) is 0 Å². The topological polar surface area (TPSA) is 20.3 Å². The Labute approximate surface area is 88.9 Å². The monoisotopic (exact) mass is 299 g/mol. The van der Waals surface area contributed by atoms with Gasteiger partial charge in [-0.25, -0.2) is 0 Å². The van der Waals surface area contributed by atoms with Crippen LogP contribution in [0.3, 0.4) is 0 Å². The van der Waals surface area contributed by atoms with E-state index in [1.165, 1.54) is 0 Å². The highest BCUT2D eigenvalue weighted by molar-refractivity contribution is 14.1. The van der Waals surface area contributed by atoms with E-state index in [-0.39, 0.29) is 0 Å². The molecule has 0 aliphatic carbocycles. The van der Waals surface area contributed by atoms with Crippen LogP contribution in [0.5, 0.6) is 0 Å². The van der Waals surface area contributed by atoms with Crippen molar-refractivity contribution in [2.75, 3.05) is 13.6 Å². The van der Waals surface area contributed by atoms with E-state index in [9.17, 15) is 4.79 Å². The van der Waals surface area contributed by atoms with E-state index in [1.54, 1.807) is 4.90 Å². The molecule has 1 amide bonds. The second-order valence-electron chi connectivity index (χ2n) is 3.99. The number of nitrogens with zero attached hydrogens (tertiary/aromatic N) is 1. The van der Waals surface area contributed by atoms with Crippen LogP contribution in [0.1, 0.15) is 12.8 Å². The predicted molar refractivity (Wildman–Crippen MR) is 64.2 cm³/mol. The summed E-state index contributed by atoms with van der Waals surface area (Å²) in [6.07, 6.45) is 1.81. The number of amides is 1. The molecule has 0 N–H and O–H groups in total. The summed E-state index contributed by atoms with van der Waals surface area (Å²) in [5.41, 5.74) is -0.641. The van der Waals surface area contributed by atoms with Crippen molar-refractivity contribution in [3.05, 3.63) is 0 Å². The zero-order valence-corrected chi connectivity index (χ0v) is 11.5. The standard InChI is InChI=1S/C5H9NO.C3H9ISi/c1-6-4-2-3-5(6)7;1-5(2,3)4/h2-4H2,1H3;1-3H3. The van der Waals surface area contributed by atoms with Crippen LogP contribution < -0.4 is 0 Å². The summed E-state index contributed by atoms with van der Waals surface area (Å²) in [5.74, 6) is 0.292. The lowest BCUT2D eigenvalue weighted by Gasteiger charge is -2.03. The lowest BCUT2D eigenvalue weighted by atomic mass is 10.4. The molecule has 72 valence electrons.